The predicted molar refractivity (Wildman–Crippen MR) is 63.7 cm³/mol. The first-order valence-corrected chi connectivity index (χ1v) is 6.08. The van der Waals surface area contributed by atoms with Gasteiger partial charge in [-0.05, 0) is 30.5 Å². The van der Waals surface area contributed by atoms with Crippen LogP contribution < -0.4 is 11.1 Å². The van der Waals surface area contributed by atoms with Crippen LogP contribution in [0.4, 0.5) is 8.78 Å². The highest BCUT2D eigenvalue weighted by atomic mass is 19.2. The number of rotatable bonds is 4. The van der Waals surface area contributed by atoms with E-state index in [2.05, 4.69) is 5.32 Å². The Balaban J connectivity index is 2.17. The van der Waals surface area contributed by atoms with E-state index in [9.17, 15) is 13.6 Å². The molecule has 1 aromatic rings. The zero-order valence-electron chi connectivity index (χ0n) is 9.96. The molecule has 98 valence electrons. The average Bonchev–Trinajstić information content (AvgIpc) is 2.82. The summed E-state index contributed by atoms with van der Waals surface area (Å²) in [4.78, 5) is 11.4. The summed E-state index contributed by atoms with van der Waals surface area (Å²) < 4.78 is 26.0. The molecule has 3 N–H and O–H groups in total. The van der Waals surface area contributed by atoms with E-state index < -0.39 is 23.6 Å². The third-order valence-corrected chi connectivity index (χ3v) is 3.32. The van der Waals surface area contributed by atoms with Crippen LogP contribution in [0.15, 0.2) is 18.2 Å². The standard InChI is InChI=1S/C13H16F2N2O/c14-10-6-5-8(7-11(10)15)12(13(16)18)17-9-3-1-2-4-9/h5-7,9,12,17H,1-4H2,(H2,16,18). The van der Waals surface area contributed by atoms with Crippen molar-refractivity contribution in [2.75, 3.05) is 0 Å². The molecule has 0 bridgehead atoms. The van der Waals surface area contributed by atoms with Crippen molar-refractivity contribution >= 4 is 5.91 Å². The molecular weight excluding hydrogens is 238 g/mol. The maximum atomic E-state index is 13.2. The molecule has 18 heavy (non-hydrogen) atoms. The maximum absolute atomic E-state index is 13.2. The molecule has 2 rings (SSSR count). The Kier molecular flexibility index (Phi) is 3.91. The quantitative estimate of drug-likeness (QED) is 0.863. The Morgan fingerprint density at radius 3 is 2.50 bits per heavy atom. The topological polar surface area (TPSA) is 55.1 Å². The maximum Gasteiger partial charge on any atom is 0.239 e. The average molecular weight is 254 g/mol. The van der Waals surface area contributed by atoms with Crippen LogP contribution in [0.1, 0.15) is 37.3 Å². The molecule has 0 spiro atoms. The van der Waals surface area contributed by atoms with Crippen LogP contribution in [0.3, 0.4) is 0 Å². The zero-order chi connectivity index (χ0) is 13.1. The second kappa shape index (κ2) is 5.44. The molecule has 1 fully saturated rings. The lowest BCUT2D eigenvalue weighted by atomic mass is 10.0. The van der Waals surface area contributed by atoms with E-state index >= 15 is 0 Å². The summed E-state index contributed by atoms with van der Waals surface area (Å²) in [7, 11) is 0. The van der Waals surface area contributed by atoms with Gasteiger partial charge in [-0.1, -0.05) is 18.9 Å². The lowest BCUT2D eigenvalue weighted by Gasteiger charge is -2.20. The van der Waals surface area contributed by atoms with Crippen LogP contribution in [0, 0.1) is 11.6 Å². The third kappa shape index (κ3) is 2.85. The monoisotopic (exact) mass is 254 g/mol. The van der Waals surface area contributed by atoms with Gasteiger partial charge in [0.1, 0.15) is 6.04 Å². The highest BCUT2D eigenvalue weighted by Crippen LogP contribution is 2.23. The van der Waals surface area contributed by atoms with E-state index in [0.717, 1.165) is 37.8 Å². The highest BCUT2D eigenvalue weighted by molar-refractivity contribution is 5.81. The van der Waals surface area contributed by atoms with Gasteiger partial charge in [-0.3, -0.25) is 10.1 Å². The molecule has 0 saturated heterocycles. The molecule has 5 heteroatoms. The number of primary amides is 1. The molecule has 1 aromatic carbocycles. The normalized spacial score (nSPS) is 17.9. The van der Waals surface area contributed by atoms with Gasteiger partial charge in [0, 0.05) is 6.04 Å². The minimum Gasteiger partial charge on any atom is -0.368 e. The molecule has 1 saturated carbocycles. The Morgan fingerprint density at radius 2 is 1.94 bits per heavy atom. The number of hydrogen-bond donors (Lipinski definition) is 2. The van der Waals surface area contributed by atoms with E-state index in [4.69, 9.17) is 5.73 Å². The van der Waals surface area contributed by atoms with E-state index in [1.807, 2.05) is 0 Å². The fourth-order valence-corrected chi connectivity index (χ4v) is 2.36. The molecule has 1 amide bonds. The molecule has 0 radical (unpaired) electrons. The number of nitrogens with two attached hydrogens (primary N) is 1. The van der Waals surface area contributed by atoms with Crippen molar-refractivity contribution in [2.45, 2.75) is 37.8 Å². The fourth-order valence-electron chi connectivity index (χ4n) is 2.36. The molecule has 1 aliphatic carbocycles. The molecule has 0 heterocycles. The summed E-state index contributed by atoms with van der Waals surface area (Å²) in [6, 6.07) is 2.87. The van der Waals surface area contributed by atoms with Crippen molar-refractivity contribution in [3.8, 4) is 0 Å². The summed E-state index contributed by atoms with van der Waals surface area (Å²) in [5, 5.41) is 3.11. The molecule has 0 aromatic heterocycles. The smallest absolute Gasteiger partial charge is 0.239 e. The number of carbonyl (C=O) groups is 1. The van der Waals surface area contributed by atoms with Crippen molar-refractivity contribution in [1.82, 2.24) is 5.32 Å². The van der Waals surface area contributed by atoms with Gasteiger partial charge >= 0.3 is 0 Å². The summed E-state index contributed by atoms with van der Waals surface area (Å²) in [5.74, 6) is -2.47. The lowest BCUT2D eigenvalue weighted by Crippen LogP contribution is -2.38. The van der Waals surface area contributed by atoms with E-state index in [1.54, 1.807) is 0 Å². The van der Waals surface area contributed by atoms with Crippen LogP contribution >= 0.6 is 0 Å². The van der Waals surface area contributed by atoms with Gasteiger partial charge in [-0.15, -0.1) is 0 Å². The van der Waals surface area contributed by atoms with Crippen LogP contribution in [-0.4, -0.2) is 11.9 Å². The Bertz CT molecular complexity index is 445. The van der Waals surface area contributed by atoms with Gasteiger partial charge in [-0.25, -0.2) is 8.78 Å². The first kappa shape index (κ1) is 13.0. The predicted octanol–water partition coefficient (Wildman–Crippen LogP) is 2.02. The van der Waals surface area contributed by atoms with Crippen molar-refractivity contribution in [1.29, 1.82) is 0 Å². The molecule has 1 unspecified atom stereocenters. The fraction of sp³-hybridized carbons (Fsp3) is 0.462. The number of amides is 1. The van der Waals surface area contributed by atoms with Crippen LogP contribution in [0.25, 0.3) is 0 Å². The second-order valence-corrected chi connectivity index (χ2v) is 4.66. The minimum atomic E-state index is -0.966. The minimum absolute atomic E-state index is 0.218. The summed E-state index contributed by atoms with van der Waals surface area (Å²) in [6.45, 7) is 0. The number of halogens is 2. The third-order valence-electron chi connectivity index (χ3n) is 3.32. The highest BCUT2D eigenvalue weighted by Gasteiger charge is 2.24. The van der Waals surface area contributed by atoms with Gasteiger partial charge in [0.15, 0.2) is 11.6 Å². The molecule has 1 aliphatic rings. The van der Waals surface area contributed by atoms with Gasteiger partial charge in [0.05, 0.1) is 0 Å². The number of carbonyl (C=O) groups excluding carboxylic acids is 1. The molecule has 0 aliphatic heterocycles. The first-order valence-electron chi connectivity index (χ1n) is 6.08. The van der Waals surface area contributed by atoms with E-state index in [-0.39, 0.29) is 6.04 Å². The van der Waals surface area contributed by atoms with Gasteiger partial charge in [0.25, 0.3) is 0 Å². The van der Waals surface area contributed by atoms with Crippen LogP contribution in [0.5, 0.6) is 0 Å². The van der Waals surface area contributed by atoms with Crippen LogP contribution in [-0.2, 0) is 4.79 Å². The van der Waals surface area contributed by atoms with Gasteiger partial charge in [-0.2, -0.15) is 0 Å². The summed E-state index contributed by atoms with van der Waals surface area (Å²) >= 11 is 0. The number of benzene rings is 1. The molecule has 3 nitrogen and oxygen atoms in total. The van der Waals surface area contributed by atoms with Crippen molar-refractivity contribution in [3.63, 3.8) is 0 Å². The summed E-state index contributed by atoms with van der Waals surface area (Å²) in [5.41, 5.74) is 5.69. The van der Waals surface area contributed by atoms with Gasteiger partial charge in [0.2, 0.25) is 5.91 Å². The van der Waals surface area contributed by atoms with E-state index in [0.29, 0.717) is 5.56 Å². The number of hydrogen-bond acceptors (Lipinski definition) is 2. The SMILES string of the molecule is NC(=O)C(NC1CCCC1)c1ccc(F)c(F)c1. The molecule has 1 atom stereocenters. The second-order valence-electron chi connectivity index (χ2n) is 4.66. The van der Waals surface area contributed by atoms with Crippen molar-refractivity contribution < 1.29 is 13.6 Å². The Hall–Kier alpha value is -1.49. The zero-order valence-corrected chi connectivity index (χ0v) is 9.96. The van der Waals surface area contributed by atoms with E-state index in [1.165, 1.54) is 6.07 Å². The van der Waals surface area contributed by atoms with Crippen LogP contribution in [0.2, 0.25) is 0 Å². The van der Waals surface area contributed by atoms with Gasteiger partial charge < -0.3 is 5.73 Å². The Morgan fingerprint density at radius 1 is 1.28 bits per heavy atom. The first-order chi connectivity index (χ1) is 8.58. The lowest BCUT2D eigenvalue weighted by molar-refractivity contribution is -0.120. The van der Waals surface area contributed by atoms with Crippen molar-refractivity contribution in [3.05, 3.63) is 35.4 Å². The number of nitrogens with one attached hydrogen (secondary N) is 1. The molecular formula is C13H16F2N2O. The Labute approximate surface area is 104 Å². The summed E-state index contributed by atoms with van der Waals surface area (Å²) in [6.07, 6.45) is 4.18. The largest absolute Gasteiger partial charge is 0.368 e. The van der Waals surface area contributed by atoms with Crippen molar-refractivity contribution in [2.24, 2.45) is 5.73 Å².